The number of nitrogens with zero attached hydrogens (tertiary/aromatic N) is 3. The van der Waals surface area contributed by atoms with Crippen LogP contribution in [-0.2, 0) is 4.74 Å². The van der Waals surface area contributed by atoms with Crippen molar-refractivity contribution in [1.82, 2.24) is 4.98 Å². The fourth-order valence-corrected chi connectivity index (χ4v) is 3.21. The van der Waals surface area contributed by atoms with Crippen molar-refractivity contribution in [2.24, 2.45) is 5.11 Å². The predicted octanol–water partition coefficient (Wildman–Crippen LogP) is 4.04. The van der Waals surface area contributed by atoms with Crippen molar-refractivity contribution >= 4 is 16.9 Å². The summed E-state index contributed by atoms with van der Waals surface area (Å²) in [5, 5.41) is 4.27. The topological polar surface area (TPSA) is 90.8 Å². The Hall–Kier alpha value is -2.53. The molecule has 0 bridgehead atoms. The van der Waals surface area contributed by atoms with Crippen LogP contribution in [-0.4, -0.2) is 24.1 Å². The largest absolute Gasteiger partial charge is 0.465 e. The average molecular weight is 302 g/mol. The van der Waals surface area contributed by atoms with Crippen molar-refractivity contribution < 1.29 is 13.9 Å². The molecule has 1 aliphatic rings. The van der Waals surface area contributed by atoms with Gasteiger partial charge in [0.05, 0.1) is 12.7 Å². The number of carbonyl (C=O) groups excluding carboxylic acids is 1. The summed E-state index contributed by atoms with van der Waals surface area (Å²) in [7, 11) is 1.31. The number of hydrogen-bond acceptors (Lipinski definition) is 3. The molecule has 2 atom stereocenters. The van der Waals surface area contributed by atoms with Crippen LogP contribution in [0.4, 0.5) is 4.39 Å². The van der Waals surface area contributed by atoms with E-state index in [0.717, 1.165) is 18.5 Å². The van der Waals surface area contributed by atoms with Gasteiger partial charge in [-0.05, 0) is 43.0 Å². The number of hydrogen-bond donors (Lipinski definition) is 1. The van der Waals surface area contributed by atoms with Crippen LogP contribution in [0.15, 0.2) is 23.3 Å². The van der Waals surface area contributed by atoms with Crippen LogP contribution in [0, 0.1) is 5.82 Å². The summed E-state index contributed by atoms with van der Waals surface area (Å²) in [6.07, 6.45) is 2.26. The monoisotopic (exact) mass is 302 g/mol. The Bertz CT molecular complexity index is 779. The first-order valence-electron chi connectivity index (χ1n) is 7.07. The van der Waals surface area contributed by atoms with Gasteiger partial charge in [0.15, 0.2) is 0 Å². The second kappa shape index (κ2) is 5.69. The summed E-state index contributed by atoms with van der Waals surface area (Å²) in [6.45, 7) is 0. The standard InChI is InChI=1S/C15H15FN4O2/c1-22-15(21)13-11-7-9(16)3-5-12(11)18-14(13)8-2-4-10(6-8)19-20-17/h3,5,7-8,10,18H,2,4,6H2,1H3/t8-,10-/m0/s1. The summed E-state index contributed by atoms with van der Waals surface area (Å²) >= 11 is 0. The quantitative estimate of drug-likeness (QED) is 0.401. The maximum absolute atomic E-state index is 13.5. The predicted molar refractivity (Wildman–Crippen MR) is 79.1 cm³/mol. The number of nitrogens with one attached hydrogen (secondary N) is 1. The summed E-state index contributed by atoms with van der Waals surface area (Å²) in [5.41, 5.74) is 10.4. The Morgan fingerprint density at radius 2 is 2.32 bits per heavy atom. The molecule has 0 unspecified atom stereocenters. The Morgan fingerprint density at radius 1 is 1.50 bits per heavy atom. The minimum atomic E-state index is -0.487. The van der Waals surface area contributed by atoms with Crippen LogP contribution < -0.4 is 0 Å². The fraction of sp³-hybridized carbons (Fsp3) is 0.400. The molecule has 1 aromatic carbocycles. The van der Waals surface area contributed by atoms with Crippen LogP contribution >= 0.6 is 0 Å². The van der Waals surface area contributed by atoms with Crippen molar-refractivity contribution in [3.05, 3.63) is 45.7 Å². The van der Waals surface area contributed by atoms with Gasteiger partial charge >= 0.3 is 5.97 Å². The lowest BCUT2D eigenvalue weighted by atomic mass is 9.98. The molecule has 1 saturated carbocycles. The second-order valence-corrected chi connectivity index (χ2v) is 5.46. The number of halogens is 1. The lowest BCUT2D eigenvalue weighted by molar-refractivity contribution is 0.0601. The van der Waals surface area contributed by atoms with Gasteiger partial charge in [0.25, 0.3) is 0 Å². The van der Waals surface area contributed by atoms with Gasteiger partial charge in [-0.2, -0.15) is 0 Å². The van der Waals surface area contributed by atoms with E-state index in [1.165, 1.54) is 19.2 Å². The Kier molecular flexibility index (Phi) is 3.73. The highest BCUT2D eigenvalue weighted by Crippen LogP contribution is 2.39. The molecule has 6 nitrogen and oxygen atoms in total. The number of H-pyrrole nitrogens is 1. The van der Waals surface area contributed by atoms with Crippen molar-refractivity contribution in [2.75, 3.05) is 7.11 Å². The number of azide groups is 1. The summed E-state index contributed by atoms with van der Waals surface area (Å²) in [4.78, 5) is 18.2. The van der Waals surface area contributed by atoms with Crippen molar-refractivity contribution in [1.29, 1.82) is 0 Å². The summed E-state index contributed by atoms with van der Waals surface area (Å²) in [6, 6.07) is 4.23. The Labute approximate surface area is 125 Å². The van der Waals surface area contributed by atoms with E-state index in [1.807, 2.05) is 0 Å². The van der Waals surface area contributed by atoms with E-state index in [0.29, 0.717) is 22.9 Å². The van der Waals surface area contributed by atoms with E-state index in [4.69, 9.17) is 10.3 Å². The van der Waals surface area contributed by atoms with Crippen molar-refractivity contribution in [3.8, 4) is 0 Å². The molecule has 0 spiro atoms. The molecule has 1 heterocycles. The molecule has 2 aromatic rings. The van der Waals surface area contributed by atoms with Gasteiger partial charge in [-0.3, -0.25) is 0 Å². The van der Waals surface area contributed by atoms with Crippen molar-refractivity contribution in [3.63, 3.8) is 0 Å². The van der Waals surface area contributed by atoms with Crippen LogP contribution in [0.3, 0.4) is 0 Å². The third kappa shape index (κ3) is 2.40. The highest BCUT2D eigenvalue weighted by atomic mass is 19.1. The maximum atomic E-state index is 13.5. The SMILES string of the molecule is COC(=O)c1c([C@H]2CC[C@H](N=[N+]=[N-])C2)[nH]c2ccc(F)cc12. The average Bonchev–Trinajstić information content (AvgIpc) is 3.10. The van der Waals surface area contributed by atoms with Crippen molar-refractivity contribution in [2.45, 2.75) is 31.2 Å². The van der Waals surface area contributed by atoms with E-state index in [2.05, 4.69) is 15.0 Å². The number of esters is 1. The number of aromatic amines is 1. The van der Waals surface area contributed by atoms with Gasteiger partial charge in [0.2, 0.25) is 0 Å². The molecule has 0 radical (unpaired) electrons. The molecule has 22 heavy (non-hydrogen) atoms. The number of rotatable bonds is 3. The number of methoxy groups -OCH3 is 1. The number of benzene rings is 1. The lowest BCUT2D eigenvalue weighted by Crippen LogP contribution is -2.07. The Morgan fingerprint density at radius 3 is 3.05 bits per heavy atom. The highest BCUT2D eigenvalue weighted by Gasteiger charge is 2.31. The molecule has 0 amide bonds. The van der Waals surface area contributed by atoms with E-state index >= 15 is 0 Å². The highest BCUT2D eigenvalue weighted by molar-refractivity contribution is 6.05. The van der Waals surface area contributed by atoms with Crippen LogP contribution in [0.2, 0.25) is 0 Å². The zero-order valence-corrected chi connectivity index (χ0v) is 12.0. The van der Waals surface area contributed by atoms with E-state index < -0.39 is 11.8 Å². The van der Waals surface area contributed by atoms with E-state index in [1.54, 1.807) is 6.07 Å². The molecule has 7 heteroatoms. The van der Waals surface area contributed by atoms with E-state index in [9.17, 15) is 9.18 Å². The first-order valence-corrected chi connectivity index (χ1v) is 7.07. The van der Waals surface area contributed by atoms with Crippen LogP contribution in [0.25, 0.3) is 21.3 Å². The van der Waals surface area contributed by atoms with Gasteiger partial charge in [-0.25, -0.2) is 9.18 Å². The number of carbonyl (C=O) groups is 1. The molecule has 0 aliphatic heterocycles. The zero-order valence-electron chi connectivity index (χ0n) is 12.0. The number of fused-ring (bicyclic) bond motifs is 1. The fourth-order valence-electron chi connectivity index (χ4n) is 3.21. The lowest BCUT2D eigenvalue weighted by Gasteiger charge is -2.10. The normalized spacial score (nSPS) is 20.8. The molecule has 3 rings (SSSR count). The van der Waals surface area contributed by atoms with Gasteiger partial charge < -0.3 is 9.72 Å². The smallest absolute Gasteiger partial charge is 0.340 e. The molecule has 1 N–H and O–H groups in total. The molecule has 1 fully saturated rings. The van der Waals surface area contributed by atoms with Gasteiger partial charge in [-0.15, -0.1) is 0 Å². The number of ether oxygens (including phenoxy) is 1. The zero-order chi connectivity index (χ0) is 15.7. The molecule has 114 valence electrons. The summed E-state index contributed by atoms with van der Waals surface area (Å²) in [5.74, 6) is -0.819. The molecular formula is C15H15FN4O2. The first kappa shape index (κ1) is 14.4. The van der Waals surface area contributed by atoms with Crippen LogP contribution in [0.1, 0.15) is 41.2 Å². The molecular weight excluding hydrogens is 287 g/mol. The molecule has 1 aromatic heterocycles. The first-order chi connectivity index (χ1) is 10.6. The third-order valence-electron chi connectivity index (χ3n) is 4.21. The molecule has 0 saturated heterocycles. The second-order valence-electron chi connectivity index (χ2n) is 5.46. The van der Waals surface area contributed by atoms with E-state index in [-0.39, 0.29) is 12.0 Å². The third-order valence-corrected chi connectivity index (χ3v) is 4.21. The molecule has 1 aliphatic carbocycles. The minimum absolute atomic E-state index is 0.0661. The van der Waals surface area contributed by atoms with Gasteiger partial charge in [0.1, 0.15) is 5.82 Å². The maximum Gasteiger partial charge on any atom is 0.340 e. The van der Waals surface area contributed by atoms with Gasteiger partial charge in [0, 0.05) is 33.5 Å². The Balaban J connectivity index is 2.09. The number of aromatic nitrogens is 1. The van der Waals surface area contributed by atoms with Gasteiger partial charge in [-0.1, -0.05) is 5.11 Å². The van der Waals surface area contributed by atoms with Crippen LogP contribution in [0.5, 0.6) is 0 Å². The minimum Gasteiger partial charge on any atom is -0.465 e. The summed E-state index contributed by atoms with van der Waals surface area (Å²) < 4.78 is 18.4.